The highest BCUT2D eigenvalue weighted by Crippen LogP contribution is 2.34. The molecule has 1 atom stereocenters. The van der Waals surface area contributed by atoms with Crippen LogP contribution in [0.2, 0.25) is 0 Å². The van der Waals surface area contributed by atoms with E-state index < -0.39 is 0 Å². The van der Waals surface area contributed by atoms with Crippen molar-refractivity contribution in [3.8, 4) is 5.75 Å². The predicted molar refractivity (Wildman–Crippen MR) is 76.4 cm³/mol. The van der Waals surface area contributed by atoms with Gasteiger partial charge in [-0.05, 0) is 31.5 Å². The molecule has 1 fully saturated rings. The van der Waals surface area contributed by atoms with Crippen LogP contribution in [0.4, 0.5) is 10.5 Å². The van der Waals surface area contributed by atoms with Gasteiger partial charge in [-0.25, -0.2) is 4.79 Å². The zero-order valence-corrected chi connectivity index (χ0v) is 12.0. The molecule has 1 aromatic carbocycles. The molecule has 5 heteroatoms. The average molecular weight is 276 g/mol. The summed E-state index contributed by atoms with van der Waals surface area (Å²) in [5.41, 5.74) is 2.00. The normalized spacial score (nSPS) is 22.2. The molecule has 0 radical (unpaired) electrons. The van der Waals surface area contributed by atoms with Gasteiger partial charge in [0.15, 0.2) is 0 Å². The largest absolute Gasteiger partial charge is 0.487 e. The van der Waals surface area contributed by atoms with Crippen molar-refractivity contribution in [2.24, 2.45) is 0 Å². The maximum atomic E-state index is 12.7. The van der Waals surface area contributed by atoms with Crippen molar-refractivity contribution in [2.75, 3.05) is 37.7 Å². The van der Waals surface area contributed by atoms with Gasteiger partial charge in [0.25, 0.3) is 0 Å². The first-order valence-electron chi connectivity index (χ1n) is 7.06. The van der Waals surface area contributed by atoms with Gasteiger partial charge in [0.2, 0.25) is 0 Å². The number of aryl methyl sites for hydroxylation is 1. The molecule has 2 heterocycles. The fourth-order valence-corrected chi connectivity index (χ4v) is 2.65. The minimum Gasteiger partial charge on any atom is -0.487 e. The Bertz CT molecular complexity index is 512. The van der Waals surface area contributed by atoms with Crippen LogP contribution in [0.1, 0.15) is 12.5 Å². The molecule has 108 valence electrons. The minimum absolute atomic E-state index is 0.00860. The van der Waals surface area contributed by atoms with Crippen LogP contribution in [0.15, 0.2) is 18.2 Å². The van der Waals surface area contributed by atoms with E-state index in [-0.39, 0.29) is 12.1 Å². The number of carbonyl (C=O) groups is 1. The van der Waals surface area contributed by atoms with Crippen molar-refractivity contribution in [2.45, 2.75) is 20.0 Å². The maximum Gasteiger partial charge on any atom is 0.324 e. The first kappa shape index (κ1) is 13.2. The second kappa shape index (κ2) is 5.32. The lowest BCUT2D eigenvalue weighted by atomic mass is 10.1. The Hall–Kier alpha value is -1.75. The highest BCUT2D eigenvalue weighted by Gasteiger charge is 2.31. The molecule has 0 aromatic heterocycles. The number of nitrogens with zero attached hydrogens (tertiary/aromatic N) is 2. The second-order valence-corrected chi connectivity index (χ2v) is 5.39. The first-order chi connectivity index (χ1) is 9.65. The Balaban J connectivity index is 1.88. The number of benzene rings is 1. The van der Waals surface area contributed by atoms with Crippen LogP contribution in [-0.4, -0.2) is 49.9 Å². The Morgan fingerprint density at radius 1 is 1.30 bits per heavy atom. The SMILES string of the molecule is Cc1ccc2c(c1)OC(C)CN2C(=O)N1CCOCC1. The smallest absolute Gasteiger partial charge is 0.324 e. The van der Waals surface area contributed by atoms with Crippen LogP contribution in [0, 0.1) is 6.92 Å². The molecule has 3 rings (SSSR count). The third kappa shape index (κ3) is 2.45. The van der Waals surface area contributed by atoms with Gasteiger partial charge in [0.1, 0.15) is 11.9 Å². The van der Waals surface area contributed by atoms with Crippen LogP contribution in [0.5, 0.6) is 5.75 Å². The topological polar surface area (TPSA) is 42.0 Å². The lowest BCUT2D eigenvalue weighted by Gasteiger charge is -2.38. The molecular weight excluding hydrogens is 256 g/mol. The molecule has 1 unspecified atom stereocenters. The van der Waals surface area contributed by atoms with Gasteiger partial charge >= 0.3 is 6.03 Å². The van der Waals surface area contributed by atoms with Crippen molar-refractivity contribution >= 4 is 11.7 Å². The van der Waals surface area contributed by atoms with Crippen molar-refractivity contribution in [1.82, 2.24) is 4.90 Å². The van der Waals surface area contributed by atoms with Gasteiger partial charge in [0.05, 0.1) is 25.4 Å². The van der Waals surface area contributed by atoms with E-state index in [0.717, 1.165) is 17.0 Å². The number of carbonyl (C=O) groups excluding carboxylic acids is 1. The molecule has 2 aliphatic rings. The number of hydrogen-bond donors (Lipinski definition) is 0. The average Bonchev–Trinajstić information content (AvgIpc) is 2.46. The molecular formula is C15H20N2O3. The lowest BCUT2D eigenvalue weighted by molar-refractivity contribution is 0.0541. The molecule has 0 N–H and O–H groups in total. The number of anilines is 1. The molecule has 1 saturated heterocycles. The van der Waals surface area contributed by atoms with Gasteiger partial charge < -0.3 is 14.4 Å². The fourth-order valence-electron chi connectivity index (χ4n) is 2.65. The van der Waals surface area contributed by atoms with Gasteiger partial charge in [0, 0.05) is 13.1 Å². The van der Waals surface area contributed by atoms with E-state index in [1.54, 1.807) is 0 Å². The number of urea groups is 1. The fraction of sp³-hybridized carbons (Fsp3) is 0.533. The third-order valence-electron chi connectivity index (χ3n) is 3.69. The number of ether oxygens (including phenoxy) is 2. The zero-order valence-electron chi connectivity index (χ0n) is 12.0. The molecule has 5 nitrogen and oxygen atoms in total. The van der Waals surface area contributed by atoms with Crippen molar-refractivity contribution in [1.29, 1.82) is 0 Å². The number of hydrogen-bond acceptors (Lipinski definition) is 3. The minimum atomic E-state index is 0.00860. The number of fused-ring (bicyclic) bond motifs is 1. The quantitative estimate of drug-likeness (QED) is 0.728. The molecule has 0 bridgehead atoms. The van der Waals surface area contributed by atoms with Crippen LogP contribution in [0.3, 0.4) is 0 Å². The molecule has 0 spiro atoms. The standard InChI is InChI=1S/C15H20N2O3/c1-11-3-4-13-14(9-11)20-12(2)10-17(13)15(18)16-5-7-19-8-6-16/h3-4,9,12H,5-8,10H2,1-2H3. The molecule has 20 heavy (non-hydrogen) atoms. The monoisotopic (exact) mass is 276 g/mol. The summed E-state index contributed by atoms with van der Waals surface area (Å²) in [6, 6.07) is 6.02. The molecule has 0 saturated carbocycles. The van der Waals surface area contributed by atoms with E-state index in [0.29, 0.717) is 32.8 Å². The van der Waals surface area contributed by atoms with E-state index in [4.69, 9.17) is 9.47 Å². The molecule has 2 amide bonds. The van der Waals surface area contributed by atoms with Crippen LogP contribution in [-0.2, 0) is 4.74 Å². The Kier molecular flexibility index (Phi) is 3.53. The van der Waals surface area contributed by atoms with Crippen molar-refractivity contribution < 1.29 is 14.3 Å². The summed E-state index contributed by atoms with van der Waals surface area (Å²) < 4.78 is 11.1. The second-order valence-electron chi connectivity index (χ2n) is 5.39. The lowest BCUT2D eigenvalue weighted by Crippen LogP contribution is -2.52. The Morgan fingerprint density at radius 3 is 2.80 bits per heavy atom. The van der Waals surface area contributed by atoms with Gasteiger partial charge in [-0.3, -0.25) is 4.90 Å². The maximum absolute atomic E-state index is 12.7. The summed E-state index contributed by atoms with van der Waals surface area (Å²) >= 11 is 0. The number of amides is 2. The Morgan fingerprint density at radius 2 is 2.05 bits per heavy atom. The summed E-state index contributed by atoms with van der Waals surface area (Å²) in [6.07, 6.45) is 0.00860. The van der Waals surface area contributed by atoms with Gasteiger partial charge in [-0.15, -0.1) is 0 Å². The molecule has 1 aromatic rings. The van der Waals surface area contributed by atoms with Crippen LogP contribution in [0.25, 0.3) is 0 Å². The zero-order chi connectivity index (χ0) is 14.1. The van der Waals surface area contributed by atoms with Crippen molar-refractivity contribution in [3.63, 3.8) is 0 Å². The van der Waals surface area contributed by atoms with E-state index >= 15 is 0 Å². The van der Waals surface area contributed by atoms with E-state index in [9.17, 15) is 4.79 Å². The summed E-state index contributed by atoms with van der Waals surface area (Å²) in [5.74, 6) is 0.797. The highest BCUT2D eigenvalue weighted by atomic mass is 16.5. The molecule has 0 aliphatic carbocycles. The van der Waals surface area contributed by atoms with E-state index in [1.807, 2.05) is 41.8 Å². The summed E-state index contributed by atoms with van der Waals surface area (Å²) in [7, 11) is 0. The first-order valence-corrected chi connectivity index (χ1v) is 7.06. The number of rotatable bonds is 0. The van der Waals surface area contributed by atoms with E-state index in [2.05, 4.69) is 0 Å². The highest BCUT2D eigenvalue weighted by molar-refractivity contribution is 5.94. The van der Waals surface area contributed by atoms with E-state index in [1.165, 1.54) is 0 Å². The van der Waals surface area contributed by atoms with Crippen LogP contribution >= 0.6 is 0 Å². The van der Waals surface area contributed by atoms with Gasteiger partial charge in [-0.2, -0.15) is 0 Å². The van der Waals surface area contributed by atoms with Crippen molar-refractivity contribution in [3.05, 3.63) is 23.8 Å². The van der Waals surface area contributed by atoms with Crippen LogP contribution < -0.4 is 9.64 Å². The third-order valence-corrected chi connectivity index (χ3v) is 3.69. The summed E-state index contributed by atoms with van der Waals surface area (Å²) in [4.78, 5) is 16.4. The summed E-state index contributed by atoms with van der Waals surface area (Å²) in [6.45, 7) is 7.16. The Labute approximate surface area is 119 Å². The summed E-state index contributed by atoms with van der Waals surface area (Å²) in [5, 5.41) is 0. The predicted octanol–water partition coefficient (Wildman–Crippen LogP) is 2.03. The molecule has 2 aliphatic heterocycles. The number of morpholine rings is 1. The van der Waals surface area contributed by atoms with Gasteiger partial charge in [-0.1, -0.05) is 6.07 Å².